The Bertz CT molecular complexity index is 935. The van der Waals surface area contributed by atoms with E-state index >= 15 is 0 Å². The molecule has 0 spiro atoms. The lowest BCUT2D eigenvalue weighted by atomic mass is 10.0. The van der Waals surface area contributed by atoms with E-state index in [0.29, 0.717) is 12.1 Å². The van der Waals surface area contributed by atoms with Crippen molar-refractivity contribution in [1.82, 2.24) is 5.32 Å². The summed E-state index contributed by atoms with van der Waals surface area (Å²) in [5.41, 5.74) is 4.47. The molecule has 4 rings (SSSR count). The second-order valence-corrected chi connectivity index (χ2v) is 8.50. The number of rotatable bonds is 10. The van der Waals surface area contributed by atoms with Crippen molar-refractivity contribution < 1.29 is 14.6 Å². The largest absolute Gasteiger partial charge is 0.490 e. The second-order valence-electron chi connectivity index (χ2n) is 8.50. The fourth-order valence-electron chi connectivity index (χ4n) is 3.89. The summed E-state index contributed by atoms with van der Waals surface area (Å²) in [6, 6.07) is 17.2. The average Bonchev–Trinajstić information content (AvgIpc) is 3.50. The van der Waals surface area contributed by atoms with Crippen LogP contribution in [-0.4, -0.2) is 36.2 Å². The van der Waals surface area contributed by atoms with Gasteiger partial charge in [0.15, 0.2) is 5.78 Å². The highest BCUT2D eigenvalue weighted by atomic mass is 16.5. The van der Waals surface area contributed by atoms with Crippen molar-refractivity contribution >= 4 is 23.5 Å². The highest BCUT2D eigenvalue weighted by Crippen LogP contribution is 2.28. The predicted octanol–water partition coefficient (Wildman–Crippen LogP) is 4.88. The van der Waals surface area contributed by atoms with Gasteiger partial charge in [0.1, 0.15) is 12.4 Å². The van der Waals surface area contributed by atoms with Crippen molar-refractivity contribution in [2.24, 2.45) is 0 Å². The molecule has 0 aliphatic heterocycles. The molecule has 2 aromatic rings. The molecule has 0 radical (unpaired) electrons. The van der Waals surface area contributed by atoms with Gasteiger partial charge >= 0.3 is 0 Å². The first-order valence-electron chi connectivity index (χ1n) is 11.3. The Morgan fingerprint density at radius 1 is 1.03 bits per heavy atom. The smallest absolute Gasteiger partial charge is 0.181 e. The highest BCUT2D eigenvalue weighted by Gasteiger charge is 2.21. The van der Waals surface area contributed by atoms with Gasteiger partial charge in [-0.3, -0.25) is 4.79 Å². The van der Waals surface area contributed by atoms with Crippen molar-refractivity contribution in [2.75, 3.05) is 13.2 Å². The molecule has 2 fully saturated rings. The van der Waals surface area contributed by atoms with Crippen LogP contribution in [0.15, 0.2) is 54.6 Å². The third-order valence-corrected chi connectivity index (χ3v) is 5.86. The van der Waals surface area contributed by atoms with Gasteiger partial charge in [0.2, 0.25) is 0 Å². The van der Waals surface area contributed by atoms with Gasteiger partial charge in [-0.05, 0) is 85.1 Å². The summed E-state index contributed by atoms with van der Waals surface area (Å²) in [4.78, 5) is 11.3. The maximum atomic E-state index is 11.3. The number of hydrogen-bond acceptors (Lipinski definition) is 4. The zero-order chi connectivity index (χ0) is 21.5. The fraction of sp³-hybridized carbons (Fsp3) is 0.370. The van der Waals surface area contributed by atoms with Crippen molar-refractivity contribution in [1.29, 1.82) is 0 Å². The molecule has 0 amide bonds. The minimum atomic E-state index is -0.460. The summed E-state index contributed by atoms with van der Waals surface area (Å²) >= 11 is 0. The molecule has 2 aliphatic carbocycles. The third-order valence-electron chi connectivity index (χ3n) is 5.86. The lowest BCUT2D eigenvalue weighted by Crippen LogP contribution is -2.18. The standard InChI is InChI=1S/C27H31NO3/c29-19-25(30)15-12-20-8-10-21(11-9-20)16-23(18-28-24-13-14-24)22-4-3-7-27(17-22)31-26-5-1-2-6-26/h3-4,7-12,15-17,24,26,28-29H,1-2,5-6,13-14,18-19H2/b15-12+,23-16-. The highest BCUT2D eigenvalue weighted by molar-refractivity contribution is 5.94. The van der Waals surface area contributed by atoms with E-state index in [1.165, 1.54) is 42.9 Å². The zero-order valence-corrected chi connectivity index (χ0v) is 17.9. The molecule has 4 heteroatoms. The van der Waals surface area contributed by atoms with Gasteiger partial charge in [-0.25, -0.2) is 0 Å². The van der Waals surface area contributed by atoms with Gasteiger partial charge in [0.05, 0.1) is 6.10 Å². The van der Waals surface area contributed by atoms with E-state index in [1.807, 2.05) is 12.1 Å². The van der Waals surface area contributed by atoms with E-state index < -0.39 is 6.61 Å². The van der Waals surface area contributed by atoms with E-state index in [2.05, 4.69) is 47.8 Å². The van der Waals surface area contributed by atoms with Crippen LogP contribution in [0.2, 0.25) is 0 Å². The van der Waals surface area contributed by atoms with Gasteiger partial charge in [0, 0.05) is 12.6 Å². The van der Waals surface area contributed by atoms with Gasteiger partial charge in [0.25, 0.3) is 0 Å². The molecule has 31 heavy (non-hydrogen) atoms. The normalized spacial score (nSPS) is 17.4. The third kappa shape index (κ3) is 6.65. The number of carbonyl (C=O) groups excluding carboxylic acids is 1. The van der Waals surface area contributed by atoms with Crippen LogP contribution < -0.4 is 10.1 Å². The molecule has 0 unspecified atom stereocenters. The summed E-state index contributed by atoms with van der Waals surface area (Å²) in [5.74, 6) is 0.660. The molecule has 2 saturated carbocycles. The Labute approximate surface area is 184 Å². The van der Waals surface area contributed by atoms with Gasteiger partial charge in [-0.1, -0.05) is 42.5 Å². The molecule has 0 bridgehead atoms. The van der Waals surface area contributed by atoms with Crippen molar-refractivity contribution in [3.63, 3.8) is 0 Å². The maximum Gasteiger partial charge on any atom is 0.181 e. The number of hydrogen-bond donors (Lipinski definition) is 2. The number of nitrogens with one attached hydrogen (secondary N) is 1. The Balaban J connectivity index is 1.52. The number of ether oxygens (including phenoxy) is 1. The van der Waals surface area contributed by atoms with Gasteiger partial charge in [-0.2, -0.15) is 0 Å². The minimum absolute atomic E-state index is 0.294. The first-order chi connectivity index (χ1) is 15.2. The van der Waals surface area contributed by atoms with E-state index in [4.69, 9.17) is 9.84 Å². The minimum Gasteiger partial charge on any atom is -0.490 e. The molecular weight excluding hydrogens is 386 g/mol. The molecule has 162 valence electrons. The van der Waals surface area contributed by atoms with Gasteiger partial charge < -0.3 is 15.2 Å². The van der Waals surface area contributed by atoms with Crippen molar-refractivity contribution in [2.45, 2.75) is 50.7 Å². The SMILES string of the molecule is O=C(/C=C/c1ccc(/C=C(/CNC2CC2)c2cccc(OC3CCCC3)c2)cc1)CO. The van der Waals surface area contributed by atoms with Crippen molar-refractivity contribution in [3.05, 3.63) is 71.3 Å². The van der Waals surface area contributed by atoms with E-state index in [1.54, 1.807) is 6.08 Å². The predicted molar refractivity (Wildman–Crippen MR) is 126 cm³/mol. The maximum absolute atomic E-state index is 11.3. The number of benzene rings is 2. The summed E-state index contributed by atoms with van der Waals surface area (Å²) < 4.78 is 6.22. The number of aliphatic hydroxyl groups is 1. The Hall–Kier alpha value is -2.69. The number of carbonyl (C=O) groups is 1. The molecule has 0 heterocycles. The molecule has 0 saturated heterocycles. The molecule has 2 N–H and O–H groups in total. The zero-order valence-electron chi connectivity index (χ0n) is 17.9. The topological polar surface area (TPSA) is 58.6 Å². The Morgan fingerprint density at radius 3 is 2.48 bits per heavy atom. The second kappa shape index (κ2) is 10.6. The summed E-state index contributed by atoms with van der Waals surface area (Å²) in [7, 11) is 0. The average molecular weight is 418 g/mol. The van der Waals surface area contributed by atoms with E-state index in [9.17, 15) is 4.79 Å². The summed E-state index contributed by atoms with van der Waals surface area (Å²) in [6.45, 7) is 0.363. The summed E-state index contributed by atoms with van der Waals surface area (Å²) in [5, 5.41) is 12.5. The van der Waals surface area contributed by atoms with Crippen LogP contribution in [0.4, 0.5) is 0 Å². The van der Waals surface area contributed by atoms with E-state index in [-0.39, 0.29) is 5.78 Å². The van der Waals surface area contributed by atoms with Crippen molar-refractivity contribution in [3.8, 4) is 5.75 Å². The quantitative estimate of drug-likeness (QED) is 0.427. The molecule has 4 nitrogen and oxygen atoms in total. The lowest BCUT2D eigenvalue weighted by molar-refractivity contribution is -0.117. The van der Waals surface area contributed by atoms with Gasteiger partial charge in [-0.15, -0.1) is 0 Å². The Morgan fingerprint density at radius 2 is 1.77 bits per heavy atom. The molecular formula is C27H31NO3. The van der Waals surface area contributed by atoms with Crippen LogP contribution in [0.3, 0.4) is 0 Å². The van der Waals surface area contributed by atoms with Crippen LogP contribution in [0.1, 0.15) is 55.2 Å². The van der Waals surface area contributed by atoms with Crippen LogP contribution in [0.5, 0.6) is 5.75 Å². The monoisotopic (exact) mass is 417 g/mol. The molecule has 2 aliphatic rings. The number of ketones is 1. The van der Waals surface area contributed by atoms with Crippen LogP contribution in [0, 0.1) is 0 Å². The fourth-order valence-corrected chi connectivity index (χ4v) is 3.89. The first-order valence-corrected chi connectivity index (χ1v) is 11.3. The van der Waals surface area contributed by atoms with Crippen LogP contribution in [-0.2, 0) is 4.79 Å². The molecule has 2 aromatic carbocycles. The molecule has 0 aromatic heterocycles. The number of aliphatic hydroxyl groups excluding tert-OH is 1. The summed E-state index contributed by atoms with van der Waals surface area (Å²) in [6.07, 6.45) is 13.1. The Kier molecular flexibility index (Phi) is 7.34. The van der Waals surface area contributed by atoms with E-state index in [0.717, 1.165) is 36.3 Å². The van der Waals surface area contributed by atoms with Crippen LogP contribution >= 0.6 is 0 Å². The van der Waals surface area contributed by atoms with Crippen LogP contribution in [0.25, 0.3) is 17.7 Å². The first kappa shape index (κ1) is 21.5. The lowest BCUT2D eigenvalue weighted by Gasteiger charge is -2.15. The molecule has 0 atom stereocenters.